The average molecular weight is 349 g/mol. The molecule has 0 spiro atoms. The minimum atomic E-state index is 0.289. The first-order valence-electron chi connectivity index (χ1n) is 7.66. The van der Waals surface area contributed by atoms with E-state index in [4.69, 9.17) is 0 Å². The summed E-state index contributed by atoms with van der Waals surface area (Å²) in [4.78, 5) is 4.53. The van der Waals surface area contributed by atoms with Crippen LogP contribution in [0, 0.1) is 5.92 Å². The van der Waals surface area contributed by atoms with Gasteiger partial charge in [0, 0.05) is 35.2 Å². The van der Waals surface area contributed by atoms with Gasteiger partial charge in [0.1, 0.15) is 0 Å². The third-order valence-electron chi connectivity index (χ3n) is 4.50. The van der Waals surface area contributed by atoms with Crippen LogP contribution in [-0.4, -0.2) is 22.7 Å². The van der Waals surface area contributed by atoms with E-state index in [0.29, 0.717) is 12.0 Å². The second-order valence-electron chi connectivity index (χ2n) is 5.82. The van der Waals surface area contributed by atoms with Gasteiger partial charge in [-0.05, 0) is 36.5 Å². The molecule has 21 heavy (non-hydrogen) atoms. The zero-order valence-corrected chi connectivity index (χ0v) is 13.6. The summed E-state index contributed by atoms with van der Waals surface area (Å²) in [5.74, 6) is 0.397. The second kappa shape index (κ2) is 6.86. The van der Waals surface area contributed by atoms with Crippen LogP contribution in [0.15, 0.2) is 34.9 Å². The molecule has 2 aromatic rings. The van der Waals surface area contributed by atoms with Crippen LogP contribution in [0.1, 0.15) is 31.2 Å². The molecule has 1 aliphatic rings. The van der Waals surface area contributed by atoms with E-state index in [1.54, 1.807) is 0 Å². The van der Waals surface area contributed by atoms with E-state index in [-0.39, 0.29) is 6.61 Å². The molecule has 4 heteroatoms. The summed E-state index contributed by atoms with van der Waals surface area (Å²) >= 11 is 3.59. The highest BCUT2D eigenvalue weighted by atomic mass is 79.9. The molecule has 1 saturated carbocycles. The Labute approximate surface area is 133 Å². The van der Waals surface area contributed by atoms with Gasteiger partial charge in [0.2, 0.25) is 0 Å². The van der Waals surface area contributed by atoms with Crippen molar-refractivity contribution in [3.8, 4) is 0 Å². The van der Waals surface area contributed by atoms with Gasteiger partial charge in [-0.2, -0.15) is 0 Å². The van der Waals surface area contributed by atoms with Gasteiger partial charge < -0.3 is 10.4 Å². The molecule has 2 unspecified atom stereocenters. The Bertz CT molecular complexity index is 617. The Morgan fingerprint density at radius 1 is 1.24 bits per heavy atom. The highest BCUT2D eigenvalue weighted by molar-refractivity contribution is 9.10. The van der Waals surface area contributed by atoms with Crippen LogP contribution in [0.5, 0.6) is 0 Å². The second-order valence-corrected chi connectivity index (χ2v) is 6.67. The van der Waals surface area contributed by atoms with E-state index < -0.39 is 0 Å². The molecule has 1 aromatic carbocycles. The molecule has 0 saturated heterocycles. The number of pyridine rings is 1. The number of aliphatic hydroxyl groups is 1. The van der Waals surface area contributed by atoms with E-state index in [2.05, 4.69) is 44.4 Å². The van der Waals surface area contributed by atoms with Crippen molar-refractivity contribution in [3.05, 3.63) is 40.5 Å². The number of nitrogens with one attached hydrogen (secondary N) is 1. The zero-order chi connectivity index (χ0) is 14.7. The molecule has 112 valence electrons. The summed E-state index contributed by atoms with van der Waals surface area (Å²) in [6, 6.07) is 8.70. The van der Waals surface area contributed by atoms with Crippen LogP contribution in [0.4, 0.5) is 0 Å². The van der Waals surface area contributed by atoms with Crippen LogP contribution in [0.25, 0.3) is 10.9 Å². The Kier molecular flexibility index (Phi) is 4.88. The number of benzene rings is 1. The lowest BCUT2D eigenvalue weighted by atomic mass is 9.85. The number of nitrogens with zero attached hydrogens (tertiary/aromatic N) is 1. The van der Waals surface area contributed by atoms with E-state index in [1.165, 1.54) is 18.4 Å². The fourth-order valence-corrected chi connectivity index (χ4v) is 3.73. The standard InChI is InChI=1S/C17H21BrN2O/c18-15-8-7-12(17-14(15)5-3-9-19-17)10-20-16-6-2-1-4-13(16)11-21/h3,5,7-9,13,16,20-21H,1-2,4,6,10-11H2. The largest absolute Gasteiger partial charge is 0.396 e. The van der Waals surface area contributed by atoms with Crippen molar-refractivity contribution < 1.29 is 5.11 Å². The monoisotopic (exact) mass is 348 g/mol. The maximum Gasteiger partial charge on any atom is 0.0758 e. The third kappa shape index (κ3) is 3.28. The van der Waals surface area contributed by atoms with Gasteiger partial charge >= 0.3 is 0 Å². The molecule has 1 aromatic heterocycles. The average Bonchev–Trinajstić information content (AvgIpc) is 2.55. The molecule has 2 atom stereocenters. The minimum Gasteiger partial charge on any atom is -0.396 e. The van der Waals surface area contributed by atoms with E-state index in [1.807, 2.05) is 12.3 Å². The zero-order valence-electron chi connectivity index (χ0n) is 12.1. The van der Waals surface area contributed by atoms with Crippen LogP contribution < -0.4 is 5.32 Å². The Hall–Kier alpha value is -0.970. The van der Waals surface area contributed by atoms with Crippen molar-refractivity contribution in [2.24, 2.45) is 5.92 Å². The van der Waals surface area contributed by atoms with E-state index >= 15 is 0 Å². The van der Waals surface area contributed by atoms with Crippen LogP contribution in [0.2, 0.25) is 0 Å². The number of rotatable bonds is 4. The van der Waals surface area contributed by atoms with Crippen molar-refractivity contribution in [1.82, 2.24) is 10.3 Å². The number of hydrogen-bond donors (Lipinski definition) is 2. The van der Waals surface area contributed by atoms with Gasteiger partial charge in [0.15, 0.2) is 0 Å². The maximum absolute atomic E-state index is 9.51. The number of aromatic nitrogens is 1. The quantitative estimate of drug-likeness (QED) is 0.886. The van der Waals surface area contributed by atoms with E-state index in [0.717, 1.165) is 34.8 Å². The fraction of sp³-hybridized carbons (Fsp3) is 0.471. The van der Waals surface area contributed by atoms with Crippen molar-refractivity contribution in [2.45, 2.75) is 38.3 Å². The molecule has 0 radical (unpaired) electrons. The highest BCUT2D eigenvalue weighted by Crippen LogP contribution is 2.27. The molecule has 3 rings (SSSR count). The molecule has 0 amide bonds. The van der Waals surface area contributed by atoms with Gasteiger partial charge in [-0.3, -0.25) is 4.98 Å². The molecule has 0 aliphatic heterocycles. The minimum absolute atomic E-state index is 0.289. The Balaban J connectivity index is 1.77. The molecular formula is C17H21BrN2O. The Morgan fingerprint density at radius 2 is 2.10 bits per heavy atom. The van der Waals surface area contributed by atoms with Crippen molar-refractivity contribution in [3.63, 3.8) is 0 Å². The lowest BCUT2D eigenvalue weighted by Gasteiger charge is -2.31. The van der Waals surface area contributed by atoms with Crippen molar-refractivity contribution >= 4 is 26.8 Å². The molecule has 1 aliphatic carbocycles. The summed E-state index contributed by atoms with van der Waals surface area (Å²) in [6.45, 7) is 1.10. The first-order valence-corrected chi connectivity index (χ1v) is 8.45. The first kappa shape index (κ1) is 14.9. The normalized spacial score (nSPS) is 22.6. The highest BCUT2D eigenvalue weighted by Gasteiger charge is 2.24. The lowest BCUT2D eigenvalue weighted by molar-refractivity contribution is 0.152. The first-order chi connectivity index (χ1) is 10.3. The molecular weight excluding hydrogens is 328 g/mol. The van der Waals surface area contributed by atoms with Crippen LogP contribution >= 0.6 is 15.9 Å². The van der Waals surface area contributed by atoms with Gasteiger partial charge in [-0.15, -0.1) is 0 Å². The van der Waals surface area contributed by atoms with Gasteiger partial charge in [-0.25, -0.2) is 0 Å². The third-order valence-corrected chi connectivity index (χ3v) is 5.19. The molecule has 1 fully saturated rings. The number of halogens is 1. The SMILES string of the molecule is OCC1CCCCC1NCc1ccc(Br)c2cccnc12. The lowest BCUT2D eigenvalue weighted by Crippen LogP contribution is -2.39. The predicted octanol–water partition coefficient (Wildman–Crippen LogP) is 3.64. The maximum atomic E-state index is 9.51. The van der Waals surface area contributed by atoms with Gasteiger partial charge in [0.05, 0.1) is 5.52 Å². The Morgan fingerprint density at radius 3 is 2.95 bits per heavy atom. The summed E-state index contributed by atoms with van der Waals surface area (Å²) in [6.07, 6.45) is 6.63. The summed E-state index contributed by atoms with van der Waals surface area (Å²) in [5.41, 5.74) is 2.27. The van der Waals surface area contributed by atoms with Crippen molar-refractivity contribution in [1.29, 1.82) is 0 Å². The van der Waals surface area contributed by atoms with Crippen molar-refractivity contribution in [2.75, 3.05) is 6.61 Å². The fourth-order valence-electron chi connectivity index (χ4n) is 3.28. The molecule has 0 bridgehead atoms. The van der Waals surface area contributed by atoms with Crippen LogP contribution in [0.3, 0.4) is 0 Å². The number of aliphatic hydroxyl groups excluding tert-OH is 1. The topological polar surface area (TPSA) is 45.1 Å². The summed E-state index contributed by atoms with van der Waals surface area (Å²) < 4.78 is 1.08. The molecule has 2 N–H and O–H groups in total. The summed E-state index contributed by atoms with van der Waals surface area (Å²) in [7, 11) is 0. The van der Waals surface area contributed by atoms with Gasteiger partial charge in [0.25, 0.3) is 0 Å². The predicted molar refractivity (Wildman–Crippen MR) is 89.1 cm³/mol. The van der Waals surface area contributed by atoms with Crippen LogP contribution in [-0.2, 0) is 6.54 Å². The molecule has 1 heterocycles. The van der Waals surface area contributed by atoms with Gasteiger partial charge in [-0.1, -0.05) is 40.9 Å². The smallest absolute Gasteiger partial charge is 0.0758 e. The molecule has 3 nitrogen and oxygen atoms in total. The number of hydrogen-bond acceptors (Lipinski definition) is 3. The van der Waals surface area contributed by atoms with E-state index in [9.17, 15) is 5.11 Å². The number of fused-ring (bicyclic) bond motifs is 1. The summed E-state index contributed by atoms with van der Waals surface area (Å²) in [5, 5.41) is 14.3.